The van der Waals surface area contributed by atoms with Crippen molar-refractivity contribution in [2.45, 2.75) is 70.3 Å². The fourth-order valence-corrected chi connectivity index (χ4v) is 5.66. The maximum atomic E-state index is 11.0. The van der Waals surface area contributed by atoms with Crippen molar-refractivity contribution in [1.82, 2.24) is 0 Å². The van der Waals surface area contributed by atoms with Gasteiger partial charge in [0.1, 0.15) is 24.4 Å². The van der Waals surface area contributed by atoms with Crippen LogP contribution in [0.4, 0.5) is 0 Å². The van der Waals surface area contributed by atoms with E-state index in [4.69, 9.17) is 14.2 Å². The number of aliphatic hydroxyl groups excluding tert-OH is 3. The Labute approximate surface area is 203 Å². The van der Waals surface area contributed by atoms with Crippen molar-refractivity contribution in [2.75, 3.05) is 0 Å². The van der Waals surface area contributed by atoms with Gasteiger partial charge in [0.15, 0.2) is 12.1 Å². The Bertz CT molecular complexity index is 1150. The molecule has 2 fully saturated rings. The zero-order valence-electron chi connectivity index (χ0n) is 19.5. The van der Waals surface area contributed by atoms with Gasteiger partial charge in [0.2, 0.25) is 0 Å². The molecule has 0 radical (unpaired) electrons. The van der Waals surface area contributed by atoms with Gasteiger partial charge in [-0.05, 0) is 60.7 Å². The van der Waals surface area contributed by atoms with E-state index in [1.165, 1.54) is 9.75 Å². The summed E-state index contributed by atoms with van der Waals surface area (Å²) in [6.45, 7) is 5.65. The number of ether oxygens (including phenoxy) is 3. The quantitative estimate of drug-likeness (QED) is 0.491. The molecule has 0 amide bonds. The van der Waals surface area contributed by atoms with E-state index in [0.29, 0.717) is 5.56 Å². The molecule has 2 aromatic carbocycles. The van der Waals surface area contributed by atoms with Crippen LogP contribution < -0.4 is 0 Å². The van der Waals surface area contributed by atoms with Gasteiger partial charge >= 0.3 is 0 Å². The highest BCUT2D eigenvalue weighted by atomic mass is 32.1. The molecule has 7 heteroatoms. The summed E-state index contributed by atoms with van der Waals surface area (Å²) in [7, 11) is 0. The molecule has 1 aromatic heterocycles. The molecule has 3 aromatic rings. The Morgan fingerprint density at radius 2 is 1.79 bits per heavy atom. The van der Waals surface area contributed by atoms with E-state index >= 15 is 0 Å². The lowest BCUT2D eigenvalue weighted by atomic mass is 9.94. The highest BCUT2D eigenvalue weighted by molar-refractivity contribution is 7.15. The number of fused-ring (bicyclic) bond motifs is 1. The van der Waals surface area contributed by atoms with Crippen molar-refractivity contribution in [3.05, 3.63) is 81.7 Å². The topological polar surface area (TPSA) is 88.4 Å². The van der Waals surface area contributed by atoms with Crippen LogP contribution in [-0.4, -0.2) is 45.7 Å². The summed E-state index contributed by atoms with van der Waals surface area (Å²) in [5.41, 5.74) is 4.96. The van der Waals surface area contributed by atoms with E-state index in [-0.39, 0.29) is 6.61 Å². The molecule has 180 valence electrons. The molecule has 2 aliphatic heterocycles. The van der Waals surface area contributed by atoms with Crippen molar-refractivity contribution in [1.29, 1.82) is 0 Å². The fourth-order valence-electron chi connectivity index (χ4n) is 4.62. The van der Waals surface area contributed by atoms with E-state index in [1.807, 2.05) is 42.5 Å². The number of aliphatic hydroxyl groups is 3. The number of hydrogen-bond donors (Lipinski definition) is 3. The average molecular weight is 483 g/mol. The molecule has 3 N–H and O–H groups in total. The number of hydrogen-bond acceptors (Lipinski definition) is 7. The first kappa shape index (κ1) is 23.6. The Morgan fingerprint density at radius 3 is 2.50 bits per heavy atom. The van der Waals surface area contributed by atoms with Crippen LogP contribution in [0.1, 0.15) is 47.1 Å². The van der Waals surface area contributed by atoms with Crippen molar-refractivity contribution >= 4 is 11.3 Å². The van der Waals surface area contributed by atoms with E-state index in [1.54, 1.807) is 25.2 Å². The van der Waals surface area contributed by atoms with Crippen LogP contribution in [0, 0.1) is 6.92 Å². The van der Waals surface area contributed by atoms with Crippen LogP contribution in [0.15, 0.2) is 54.6 Å². The normalized spacial score (nSPS) is 26.5. The number of thiophene rings is 1. The summed E-state index contributed by atoms with van der Waals surface area (Å²) in [5.74, 6) is -0.816. The second kappa shape index (κ2) is 9.17. The summed E-state index contributed by atoms with van der Waals surface area (Å²) in [6, 6.07) is 18.0. The lowest BCUT2D eigenvalue weighted by molar-refractivity contribution is -0.226. The van der Waals surface area contributed by atoms with E-state index in [9.17, 15) is 15.3 Å². The third-order valence-electron chi connectivity index (χ3n) is 6.53. The first-order valence-corrected chi connectivity index (χ1v) is 12.3. The van der Waals surface area contributed by atoms with Crippen molar-refractivity contribution in [3.8, 4) is 10.4 Å². The molecule has 1 unspecified atom stereocenters. The molecule has 5 rings (SSSR count). The van der Waals surface area contributed by atoms with Gasteiger partial charge in [0, 0.05) is 16.2 Å². The van der Waals surface area contributed by atoms with Gasteiger partial charge in [0.05, 0.1) is 6.61 Å². The second-order valence-electron chi connectivity index (χ2n) is 9.49. The molecular weight excluding hydrogens is 452 g/mol. The minimum absolute atomic E-state index is 0.0414. The zero-order valence-corrected chi connectivity index (χ0v) is 20.3. The van der Waals surface area contributed by atoms with Crippen LogP contribution in [0.5, 0.6) is 0 Å². The number of benzene rings is 2. The molecule has 0 bridgehead atoms. The zero-order chi connectivity index (χ0) is 24.0. The van der Waals surface area contributed by atoms with Crippen LogP contribution in [-0.2, 0) is 27.2 Å². The lowest BCUT2D eigenvalue weighted by Gasteiger charge is -2.26. The molecule has 3 heterocycles. The van der Waals surface area contributed by atoms with E-state index in [0.717, 1.165) is 28.7 Å². The Kier molecular flexibility index (Phi) is 6.37. The molecule has 6 nitrogen and oxygen atoms in total. The van der Waals surface area contributed by atoms with Crippen LogP contribution in [0.3, 0.4) is 0 Å². The Hall–Kier alpha value is -2.10. The minimum atomic E-state index is -1.00. The third-order valence-corrected chi connectivity index (χ3v) is 7.66. The van der Waals surface area contributed by atoms with Gasteiger partial charge in [-0.3, -0.25) is 0 Å². The summed E-state index contributed by atoms with van der Waals surface area (Å²) in [5, 5.41) is 31.0. The Balaban J connectivity index is 1.31. The molecule has 34 heavy (non-hydrogen) atoms. The van der Waals surface area contributed by atoms with Crippen LogP contribution in [0.2, 0.25) is 0 Å². The monoisotopic (exact) mass is 482 g/mol. The predicted octanol–water partition coefficient (Wildman–Crippen LogP) is 4.08. The molecule has 0 spiro atoms. The molecule has 2 saturated heterocycles. The first-order valence-electron chi connectivity index (χ1n) is 11.5. The van der Waals surface area contributed by atoms with Gasteiger partial charge in [-0.25, -0.2) is 0 Å². The second-order valence-corrected chi connectivity index (χ2v) is 10.7. The maximum Gasteiger partial charge on any atom is 0.190 e. The first-order chi connectivity index (χ1) is 16.2. The van der Waals surface area contributed by atoms with Gasteiger partial charge in [-0.1, -0.05) is 42.5 Å². The van der Waals surface area contributed by atoms with Crippen molar-refractivity contribution in [2.24, 2.45) is 0 Å². The summed E-state index contributed by atoms with van der Waals surface area (Å²) in [4.78, 5) is 2.39. The SMILES string of the molecule is Cc1ccc(C(O)[C@@H]2O[C@H]3OC(C)(C)O[C@H]3[C@@H]2O)cc1Cc1ccc(-c2ccc(CO)cc2)s1. The highest BCUT2D eigenvalue weighted by Gasteiger charge is 2.56. The molecule has 0 saturated carbocycles. The van der Waals surface area contributed by atoms with E-state index in [2.05, 4.69) is 19.1 Å². The fraction of sp³-hybridized carbons (Fsp3) is 0.407. The number of aryl methyl sites for hydroxylation is 1. The molecule has 5 atom stereocenters. The highest BCUT2D eigenvalue weighted by Crippen LogP contribution is 2.41. The average Bonchev–Trinajstić information content (AvgIpc) is 3.49. The third kappa shape index (κ3) is 4.57. The summed E-state index contributed by atoms with van der Waals surface area (Å²) < 4.78 is 17.3. The molecular formula is C27H30O6S. The standard InChI is InChI=1S/C27H30O6S/c1-15-4-7-18(22(29)24-23(30)25-26(31-24)33-27(2,3)32-25)12-19(15)13-20-10-11-21(34-20)17-8-5-16(14-28)6-9-17/h4-12,22-26,28-30H,13-14H2,1-3H3/t22?,23-,24+,25+,26+/m1/s1. The molecule has 2 aliphatic rings. The van der Waals surface area contributed by atoms with Crippen LogP contribution in [0.25, 0.3) is 10.4 Å². The molecule has 0 aliphatic carbocycles. The van der Waals surface area contributed by atoms with Crippen molar-refractivity contribution < 1.29 is 29.5 Å². The maximum absolute atomic E-state index is 11.0. The Morgan fingerprint density at radius 1 is 1.03 bits per heavy atom. The van der Waals surface area contributed by atoms with Gasteiger partial charge < -0.3 is 29.5 Å². The van der Waals surface area contributed by atoms with Crippen molar-refractivity contribution in [3.63, 3.8) is 0 Å². The van der Waals surface area contributed by atoms with Gasteiger partial charge in [-0.2, -0.15) is 0 Å². The van der Waals surface area contributed by atoms with Crippen LogP contribution >= 0.6 is 11.3 Å². The number of rotatable bonds is 6. The lowest BCUT2D eigenvalue weighted by Crippen LogP contribution is -2.37. The predicted molar refractivity (Wildman–Crippen MR) is 129 cm³/mol. The summed E-state index contributed by atoms with van der Waals surface area (Å²) >= 11 is 1.73. The smallest absolute Gasteiger partial charge is 0.190 e. The summed E-state index contributed by atoms with van der Waals surface area (Å²) in [6.07, 6.45) is -3.37. The van der Waals surface area contributed by atoms with Gasteiger partial charge in [0.25, 0.3) is 0 Å². The van der Waals surface area contributed by atoms with E-state index < -0.39 is 36.5 Å². The van der Waals surface area contributed by atoms with Gasteiger partial charge in [-0.15, -0.1) is 11.3 Å². The largest absolute Gasteiger partial charge is 0.392 e. The minimum Gasteiger partial charge on any atom is -0.392 e.